The van der Waals surface area contributed by atoms with E-state index < -0.39 is 5.60 Å². The molecule has 0 spiro atoms. The van der Waals surface area contributed by atoms with Crippen molar-refractivity contribution < 1.29 is 14.2 Å². The quantitative estimate of drug-likeness (QED) is 0.705. The van der Waals surface area contributed by atoms with Gasteiger partial charge in [0.2, 0.25) is 0 Å². The average Bonchev–Trinajstić information content (AvgIpc) is 3.36. The van der Waals surface area contributed by atoms with Gasteiger partial charge in [0.05, 0.1) is 18.4 Å². The van der Waals surface area contributed by atoms with Crippen molar-refractivity contribution in [3.63, 3.8) is 0 Å². The van der Waals surface area contributed by atoms with Crippen LogP contribution in [0.4, 0.5) is 4.39 Å². The highest BCUT2D eigenvalue weighted by Gasteiger charge is 2.47. The summed E-state index contributed by atoms with van der Waals surface area (Å²) in [5, 5.41) is 10.5. The molecule has 1 atom stereocenters. The van der Waals surface area contributed by atoms with Gasteiger partial charge < -0.3 is 9.84 Å². The molecule has 1 aliphatic rings. The molecule has 1 saturated carbocycles. The Labute approximate surface area is 155 Å². The molecule has 0 bridgehead atoms. The van der Waals surface area contributed by atoms with Crippen LogP contribution in [0.25, 0.3) is 0 Å². The molecule has 1 fully saturated rings. The van der Waals surface area contributed by atoms with Crippen LogP contribution < -0.4 is 4.74 Å². The van der Waals surface area contributed by atoms with Crippen molar-refractivity contribution in [2.24, 2.45) is 0 Å². The summed E-state index contributed by atoms with van der Waals surface area (Å²) in [6, 6.07) is 10.7. The first-order valence-corrected chi connectivity index (χ1v) is 9.11. The maximum Gasteiger partial charge on any atom is 0.146 e. The van der Waals surface area contributed by atoms with Gasteiger partial charge in [-0.3, -0.25) is 4.90 Å². The first kappa shape index (κ1) is 18.3. The second-order valence-corrected chi connectivity index (χ2v) is 7.41. The number of rotatable bonds is 7. The summed E-state index contributed by atoms with van der Waals surface area (Å²) in [6.07, 6.45) is 1.56. The van der Waals surface area contributed by atoms with Gasteiger partial charge in [-0.2, -0.15) is 0 Å². The zero-order valence-corrected chi connectivity index (χ0v) is 16.0. The van der Waals surface area contributed by atoms with Gasteiger partial charge >= 0.3 is 0 Å². The highest BCUT2D eigenvalue weighted by Crippen LogP contribution is 2.41. The van der Waals surface area contributed by atoms with E-state index in [2.05, 4.69) is 25.8 Å². The van der Waals surface area contributed by atoms with Crippen molar-refractivity contribution in [2.45, 2.75) is 44.5 Å². The highest BCUT2D eigenvalue weighted by atomic mass is 79.9. The molecule has 2 aromatic rings. The lowest BCUT2D eigenvalue weighted by molar-refractivity contribution is 0.0287. The van der Waals surface area contributed by atoms with Gasteiger partial charge in [0, 0.05) is 19.1 Å². The fraction of sp³-hybridized carbons (Fsp3) is 0.421. The molecule has 1 heterocycles. The summed E-state index contributed by atoms with van der Waals surface area (Å²) in [5.41, 5.74) is 0.765. The summed E-state index contributed by atoms with van der Waals surface area (Å²) in [4.78, 5) is 6.34. The lowest BCUT2D eigenvalue weighted by Crippen LogP contribution is -2.42. The molecule has 1 aromatic heterocycles. The van der Waals surface area contributed by atoms with Crippen LogP contribution in [-0.4, -0.2) is 33.7 Å². The molecule has 0 aliphatic heterocycles. The number of hydrogen-bond acceptors (Lipinski definition) is 4. The predicted octanol–water partition coefficient (Wildman–Crippen LogP) is 3.91. The minimum atomic E-state index is -0.686. The SMILES string of the molecule is COc1ccc(CN(Cc2nc(Br)ccc2F)[C@@H](C)C2(O)CC2)cc1. The van der Waals surface area contributed by atoms with E-state index in [1.807, 2.05) is 31.2 Å². The number of aliphatic hydroxyl groups is 1. The maximum absolute atomic E-state index is 14.2. The van der Waals surface area contributed by atoms with Gasteiger partial charge in [-0.05, 0) is 65.5 Å². The maximum atomic E-state index is 14.2. The average molecular weight is 409 g/mol. The molecule has 3 rings (SSSR count). The molecule has 0 amide bonds. The fourth-order valence-corrected chi connectivity index (χ4v) is 3.29. The summed E-state index contributed by atoms with van der Waals surface area (Å²) >= 11 is 3.30. The number of methoxy groups -OCH3 is 1. The predicted molar refractivity (Wildman–Crippen MR) is 97.8 cm³/mol. The first-order chi connectivity index (χ1) is 11.9. The van der Waals surface area contributed by atoms with E-state index in [1.54, 1.807) is 13.2 Å². The Morgan fingerprint density at radius 3 is 2.52 bits per heavy atom. The Kier molecular flexibility index (Phi) is 5.41. The molecule has 134 valence electrons. The van der Waals surface area contributed by atoms with Crippen LogP contribution in [0.2, 0.25) is 0 Å². The van der Waals surface area contributed by atoms with E-state index in [0.717, 1.165) is 24.2 Å². The van der Waals surface area contributed by atoms with Crippen LogP contribution in [0.3, 0.4) is 0 Å². The number of benzene rings is 1. The number of nitrogens with zero attached hydrogens (tertiary/aromatic N) is 2. The van der Waals surface area contributed by atoms with Crippen LogP contribution in [0.15, 0.2) is 41.0 Å². The molecule has 0 unspecified atom stereocenters. The van der Waals surface area contributed by atoms with E-state index in [0.29, 0.717) is 23.4 Å². The molecule has 6 heteroatoms. The number of hydrogen-bond donors (Lipinski definition) is 1. The van der Waals surface area contributed by atoms with Crippen molar-refractivity contribution in [3.8, 4) is 5.75 Å². The Morgan fingerprint density at radius 1 is 1.24 bits per heavy atom. The van der Waals surface area contributed by atoms with Crippen molar-refractivity contribution in [3.05, 3.63) is 58.1 Å². The standard InChI is InChI=1S/C19H22BrFN2O2/c1-13(19(24)9-10-19)23(11-14-3-5-15(25-2)6-4-14)12-17-16(21)7-8-18(20)22-17/h3-8,13,24H,9-12H2,1-2H3/t13-/m0/s1. The molecule has 1 aliphatic carbocycles. The summed E-state index contributed by atoms with van der Waals surface area (Å²) in [5.74, 6) is 0.460. The first-order valence-electron chi connectivity index (χ1n) is 8.31. The number of pyridine rings is 1. The smallest absolute Gasteiger partial charge is 0.146 e. The van der Waals surface area contributed by atoms with Crippen molar-refractivity contribution in [2.75, 3.05) is 7.11 Å². The molecule has 0 radical (unpaired) electrons. The van der Waals surface area contributed by atoms with Gasteiger partial charge in [0.15, 0.2) is 0 Å². The second kappa shape index (κ2) is 7.40. The molecular formula is C19H22BrFN2O2. The van der Waals surface area contributed by atoms with Gasteiger partial charge in [0.1, 0.15) is 16.2 Å². The van der Waals surface area contributed by atoms with Crippen LogP contribution in [0, 0.1) is 5.82 Å². The monoisotopic (exact) mass is 408 g/mol. The molecular weight excluding hydrogens is 387 g/mol. The van der Waals surface area contributed by atoms with Crippen molar-refractivity contribution in [1.82, 2.24) is 9.88 Å². The van der Waals surface area contributed by atoms with Gasteiger partial charge in [-0.1, -0.05) is 12.1 Å². The third-order valence-corrected chi connectivity index (χ3v) is 5.31. The van der Waals surface area contributed by atoms with E-state index in [4.69, 9.17) is 4.74 Å². The Hall–Kier alpha value is -1.50. The van der Waals surface area contributed by atoms with Crippen LogP contribution in [-0.2, 0) is 13.1 Å². The second-order valence-electron chi connectivity index (χ2n) is 6.60. The van der Waals surface area contributed by atoms with E-state index in [-0.39, 0.29) is 11.9 Å². The van der Waals surface area contributed by atoms with E-state index >= 15 is 0 Å². The van der Waals surface area contributed by atoms with Crippen LogP contribution in [0.5, 0.6) is 5.75 Å². The third kappa shape index (κ3) is 4.37. The molecule has 1 aromatic carbocycles. The van der Waals surface area contributed by atoms with Crippen molar-refractivity contribution in [1.29, 1.82) is 0 Å². The summed E-state index contributed by atoms with van der Waals surface area (Å²) < 4.78 is 19.9. The highest BCUT2D eigenvalue weighted by molar-refractivity contribution is 9.10. The third-order valence-electron chi connectivity index (χ3n) is 4.87. The molecule has 0 saturated heterocycles. The zero-order valence-electron chi connectivity index (χ0n) is 14.4. The zero-order chi connectivity index (χ0) is 18.0. The van der Waals surface area contributed by atoms with Crippen molar-refractivity contribution >= 4 is 15.9 Å². The fourth-order valence-electron chi connectivity index (χ4n) is 2.94. The number of ether oxygens (including phenoxy) is 1. The summed E-state index contributed by atoms with van der Waals surface area (Å²) in [7, 11) is 1.63. The van der Waals surface area contributed by atoms with Gasteiger partial charge in [-0.25, -0.2) is 9.37 Å². The van der Waals surface area contributed by atoms with Crippen LogP contribution in [0.1, 0.15) is 31.0 Å². The van der Waals surface area contributed by atoms with Crippen LogP contribution >= 0.6 is 15.9 Å². The normalized spacial score (nSPS) is 16.7. The lowest BCUT2D eigenvalue weighted by Gasteiger charge is -2.32. The largest absolute Gasteiger partial charge is 0.497 e. The Bertz CT molecular complexity index is 735. The Balaban J connectivity index is 1.82. The lowest BCUT2D eigenvalue weighted by atomic mass is 10.1. The summed E-state index contributed by atoms with van der Waals surface area (Å²) in [6.45, 7) is 2.92. The van der Waals surface area contributed by atoms with E-state index in [9.17, 15) is 9.50 Å². The Morgan fingerprint density at radius 2 is 1.92 bits per heavy atom. The van der Waals surface area contributed by atoms with E-state index in [1.165, 1.54) is 6.07 Å². The minimum Gasteiger partial charge on any atom is -0.497 e. The van der Waals surface area contributed by atoms with Gasteiger partial charge in [-0.15, -0.1) is 0 Å². The molecule has 4 nitrogen and oxygen atoms in total. The number of halogens is 2. The molecule has 25 heavy (non-hydrogen) atoms. The minimum absolute atomic E-state index is 0.0882. The molecule has 1 N–H and O–H groups in total. The van der Waals surface area contributed by atoms with Gasteiger partial charge in [0.25, 0.3) is 0 Å². The number of aromatic nitrogens is 1. The topological polar surface area (TPSA) is 45.6 Å².